The zero-order valence-corrected chi connectivity index (χ0v) is 11.4. The van der Waals surface area contributed by atoms with Crippen molar-refractivity contribution in [1.82, 2.24) is 10.1 Å². The average molecular weight is 296 g/mol. The maximum atomic E-state index is 5.10. The zero-order chi connectivity index (χ0) is 12.3. The van der Waals surface area contributed by atoms with Gasteiger partial charge in [0.15, 0.2) is 5.82 Å². The molecule has 17 heavy (non-hydrogen) atoms. The molecule has 0 radical (unpaired) electrons. The van der Waals surface area contributed by atoms with Crippen LogP contribution in [0.15, 0.2) is 27.2 Å². The van der Waals surface area contributed by atoms with E-state index >= 15 is 0 Å². The summed E-state index contributed by atoms with van der Waals surface area (Å²) in [5, 5.41) is 7.10. The van der Waals surface area contributed by atoms with Gasteiger partial charge in [0.05, 0.1) is 6.54 Å². The second-order valence-corrected chi connectivity index (χ2v) is 4.65. The fraction of sp³-hybridized carbons (Fsp3) is 0.333. The van der Waals surface area contributed by atoms with Gasteiger partial charge >= 0.3 is 0 Å². The first-order valence-electron chi connectivity index (χ1n) is 5.50. The van der Waals surface area contributed by atoms with Crippen LogP contribution >= 0.6 is 15.9 Å². The Morgan fingerprint density at radius 1 is 1.41 bits per heavy atom. The minimum atomic E-state index is 0.536. The number of nitrogens with one attached hydrogen (secondary N) is 1. The minimum absolute atomic E-state index is 0.536. The summed E-state index contributed by atoms with van der Waals surface area (Å²) >= 11 is 3.51. The van der Waals surface area contributed by atoms with E-state index < -0.39 is 0 Å². The van der Waals surface area contributed by atoms with Gasteiger partial charge in [-0.1, -0.05) is 18.1 Å². The van der Waals surface area contributed by atoms with Crippen molar-refractivity contribution in [1.29, 1.82) is 0 Å². The van der Waals surface area contributed by atoms with Crippen molar-refractivity contribution >= 4 is 21.6 Å². The Morgan fingerprint density at radius 2 is 2.24 bits per heavy atom. The highest BCUT2D eigenvalue weighted by molar-refractivity contribution is 9.10. The number of hydrogen-bond donors (Lipinski definition) is 1. The third-order valence-corrected chi connectivity index (χ3v) is 3.04. The molecule has 0 bridgehead atoms. The molecule has 0 spiro atoms. The molecule has 4 nitrogen and oxygen atoms in total. The van der Waals surface area contributed by atoms with E-state index in [-0.39, 0.29) is 0 Å². The van der Waals surface area contributed by atoms with E-state index in [4.69, 9.17) is 4.52 Å². The molecule has 0 aliphatic rings. The van der Waals surface area contributed by atoms with Gasteiger partial charge in [0.25, 0.3) is 0 Å². The van der Waals surface area contributed by atoms with Crippen LogP contribution in [0.1, 0.15) is 24.2 Å². The van der Waals surface area contributed by atoms with Crippen molar-refractivity contribution in [3.63, 3.8) is 0 Å². The Bertz CT molecular complexity index is 510. The van der Waals surface area contributed by atoms with E-state index in [2.05, 4.69) is 50.4 Å². The van der Waals surface area contributed by atoms with Gasteiger partial charge in [0, 0.05) is 16.6 Å². The lowest BCUT2D eigenvalue weighted by atomic mass is 10.2. The molecule has 0 amide bonds. The summed E-state index contributed by atoms with van der Waals surface area (Å²) in [5.41, 5.74) is 2.24. The maximum absolute atomic E-state index is 5.10. The van der Waals surface area contributed by atoms with Crippen LogP contribution in [-0.4, -0.2) is 10.1 Å². The first-order chi connectivity index (χ1) is 8.19. The first kappa shape index (κ1) is 12.1. The molecule has 5 heteroatoms. The van der Waals surface area contributed by atoms with E-state index in [1.54, 1.807) is 0 Å². The van der Waals surface area contributed by atoms with Crippen LogP contribution in [0.25, 0.3) is 0 Å². The molecule has 1 aromatic heterocycles. The van der Waals surface area contributed by atoms with Crippen molar-refractivity contribution in [2.24, 2.45) is 0 Å². The Morgan fingerprint density at radius 3 is 2.88 bits per heavy atom. The summed E-state index contributed by atoms with van der Waals surface area (Å²) in [7, 11) is 0. The van der Waals surface area contributed by atoms with E-state index in [9.17, 15) is 0 Å². The molecular weight excluding hydrogens is 282 g/mol. The predicted octanol–water partition coefficient (Wildman–Crippen LogP) is 3.32. The third kappa shape index (κ3) is 3.06. The van der Waals surface area contributed by atoms with Crippen molar-refractivity contribution in [2.75, 3.05) is 5.32 Å². The van der Waals surface area contributed by atoms with Gasteiger partial charge in [-0.3, -0.25) is 0 Å². The highest BCUT2D eigenvalue weighted by Gasteiger charge is 2.05. The van der Waals surface area contributed by atoms with E-state index in [0.29, 0.717) is 12.4 Å². The number of anilines is 1. The molecule has 2 rings (SSSR count). The highest BCUT2D eigenvalue weighted by Crippen LogP contribution is 2.23. The largest absolute Gasteiger partial charge is 0.375 e. The molecule has 2 aromatic rings. The van der Waals surface area contributed by atoms with Crippen LogP contribution in [0.4, 0.5) is 5.69 Å². The molecule has 1 aromatic carbocycles. The zero-order valence-electron chi connectivity index (χ0n) is 9.83. The fourth-order valence-corrected chi connectivity index (χ4v) is 2.07. The normalized spacial score (nSPS) is 10.5. The molecule has 0 unspecified atom stereocenters. The summed E-state index contributed by atoms with van der Waals surface area (Å²) in [4.78, 5) is 4.24. The summed E-state index contributed by atoms with van der Waals surface area (Å²) in [6.07, 6.45) is 0.789. The van der Waals surface area contributed by atoms with Crippen LogP contribution < -0.4 is 5.32 Å². The summed E-state index contributed by atoms with van der Waals surface area (Å²) < 4.78 is 6.14. The predicted molar refractivity (Wildman–Crippen MR) is 69.9 cm³/mol. The lowest BCUT2D eigenvalue weighted by molar-refractivity contribution is 0.378. The molecule has 0 atom stereocenters. The standard InChI is InChI=1S/C12H14BrN3O/c1-3-11-15-12(17-16-11)7-14-10-5-4-8(2)6-9(10)13/h4-6,14H,3,7H2,1-2H3. The quantitative estimate of drug-likeness (QED) is 0.940. The summed E-state index contributed by atoms with van der Waals surface area (Å²) in [6, 6.07) is 6.14. The Kier molecular flexibility index (Phi) is 3.78. The highest BCUT2D eigenvalue weighted by atomic mass is 79.9. The number of rotatable bonds is 4. The second kappa shape index (κ2) is 5.31. The SMILES string of the molecule is CCc1noc(CNc2ccc(C)cc2Br)n1. The maximum Gasteiger partial charge on any atom is 0.245 e. The number of hydrogen-bond acceptors (Lipinski definition) is 4. The fourth-order valence-electron chi connectivity index (χ4n) is 1.44. The number of nitrogens with zero attached hydrogens (tertiary/aromatic N) is 2. The molecule has 0 saturated carbocycles. The Hall–Kier alpha value is -1.36. The number of aryl methyl sites for hydroxylation is 2. The third-order valence-electron chi connectivity index (χ3n) is 2.38. The molecule has 1 heterocycles. The first-order valence-corrected chi connectivity index (χ1v) is 6.30. The van der Waals surface area contributed by atoms with Gasteiger partial charge in [-0.05, 0) is 40.5 Å². The van der Waals surface area contributed by atoms with Crippen LogP contribution in [0.5, 0.6) is 0 Å². The number of benzene rings is 1. The number of aromatic nitrogens is 2. The smallest absolute Gasteiger partial charge is 0.245 e. The molecule has 0 aliphatic heterocycles. The molecule has 0 fully saturated rings. The monoisotopic (exact) mass is 295 g/mol. The molecule has 0 aliphatic carbocycles. The summed E-state index contributed by atoms with van der Waals surface area (Å²) in [6.45, 7) is 4.59. The van der Waals surface area contributed by atoms with Crippen LogP contribution in [0.2, 0.25) is 0 Å². The van der Waals surface area contributed by atoms with Crippen LogP contribution in [-0.2, 0) is 13.0 Å². The van der Waals surface area contributed by atoms with Crippen LogP contribution in [0.3, 0.4) is 0 Å². The Balaban J connectivity index is 2.02. The van der Waals surface area contributed by atoms with Crippen LogP contribution in [0, 0.1) is 6.92 Å². The van der Waals surface area contributed by atoms with Crippen molar-refractivity contribution in [3.05, 3.63) is 40.0 Å². The van der Waals surface area contributed by atoms with Crippen molar-refractivity contribution < 1.29 is 4.52 Å². The van der Waals surface area contributed by atoms with Gasteiger partial charge in [-0.2, -0.15) is 4.98 Å². The molecule has 90 valence electrons. The van der Waals surface area contributed by atoms with E-state index in [0.717, 1.165) is 22.4 Å². The minimum Gasteiger partial charge on any atom is -0.375 e. The summed E-state index contributed by atoms with van der Waals surface area (Å²) in [5.74, 6) is 1.35. The molecule has 1 N–H and O–H groups in total. The van der Waals surface area contributed by atoms with E-state index in [1.807, 2.05) is 13.0 Å². The molecule has 0 saturated heterocycles. The lowest BCUT2D eigenvalue weighted by Crippen LogP contribution is -2.00. The van der Waals surface area contributed by atoms with Crippen molar-refractivity contribution in [3.8, 4) is 0 Å². The average Bonchev–Trinajstić information content (AvgIpc) is 2.76. The number of halogens is 1. The second-order valence-electron chi connectivity index (χ2n) is 3.79. The molecular formula is C12H14BrN3O. The van der Waals surface area contributed by atoms with Gasteiger partial charge in [-0.25, -0.2) is 0 Å². The lowest BCUT2D eigenvalue weighted by Gasteiger charge is -2.06. The van der Waals surface area contributed by atoms with Gasteiger partial charge < -0.3 is 9.84 Å². The van der Waals surface area contributed by atoms with Gasteiger partial charge in [-0.15, -0.1) is 0 Å². The van der Waals surface area contributed by atoms with Gasteiger partial charge in [0.1, 0.15) is 0 Å². The van der Waals surface area contributed by atoms with E-state index in [1.165, 1.54) is 5.56 Å². The topological polar surface area (TPSA) is 51.0 Å². The Labute approximate surface area is 109 Å². The van der Waals surface area contributed by atoms with Gasteiger partial charge in [0.2, 0.25) is 5.89 Å². The van der Waals surface area contributed by atoms with Crippen molar-refractivity contribution in [2.45, 2.75) is 26.8 Å².